The third-order valence-electron chi connectivity index (χ3n) is 2.69. The monoisotopic (exact) mass is 322 g/mol. The van der Waals surface area contributed by atoms with E-state index < -0.39 is 6.10 Å². The molecule has 0 amide bonds. The average molecular weight is 323 g/mol. The molecule has 1 nitrogen and oxygen atoms in total. The molecule has 2 rings (SSSR count). The van der Waals surface area contributed by atoms with E-state index in [4.69, 9.17) is 0 Å². The zero-order chi connectivity index (χ0) is 13.1. The molecule has 1 N–H and O–H groups in total. The molecule has 0 bridgehead atoms. The van der Waals surface area contributed by atoms with Gasteiger partial charge in [-0.2, -0.15) is 0 Å². The lowest BCUT2D eigenvalue weighted by molar-refractivity contribution is 0.199. The van der Waals surface area contributed by atoms with Crippen LogP contribution in [0.4, 0.5) is 0 Å². The summed E-state index contributed by atoms with van der Waals surface area (Å²) < 4.78 is 1.02. The van der Waals surface area contributed by atoms with E-state index in [9.17, 15) is 5.11 Å². The summed E-state index contributed by atoms with van der Waals surface area (Å²) in [4.78, 5) is 2.37. The van der Waals surface area contributed by atoms with Crippen LogP contribution in [0.1, 0.15) is 24.2 Å². The largest absolute Gasteiger partial charge is 0.389 e. The van der Waals surface area contributed by atoms with Crippen LogP contribution in [-0.2, 0) is 0 Å². The molecular formula is C15H15BrOS. The van der Waals surface area contributed by atoms with E-state index in [1.54, 1.807) is 18.7 Å². The van der Waals surface area contributed by atoms with E-state index in [0.717, 1.165) is 14.9 Å². The maximum Gasteiger partial charge on any atom is 0.0762 e. The van der Waals surface area contributed by atoms with Gasteiger partial charge in [0, 0.05) is 14.3 Å². The molecule has 3 heteroatoms. The van der Waals surface area contributed by atoms with Gasteiger partial charge in [-0.3, -0.25) is 0 Å². The first kappa shape index (κ1) is 13.7. The van der Waals surface area contributed by atoms with Crippen LogP contribution in [-0.4, -0.2) is 5.11 Å². The zero-order valence-electron chi connectivity index (χ0n) is 10.4. The van der Waals surface area contributed by atoms with Gasteiger partial charge in [-0.05, 0) is 59.6 Å². The van der Waals surface area contributed by atoms with Gasteiger partial charge in [-0.15, -0.1) is 0 Å². The van der Waals surface area contributed by atoms with Crippen LogP contribution in [0.15, 0.2) is 56.7 Å². The molecule has 0 saturated carbocycles. The van der Waals surface area contributed by atoms with Crippen molar-refractivity contribution in [1.82, 2.24) is 0 Å². The molecular weight excluding hydrogens is 308 g/mol. The highest BCUT2D eigenvalue weighted by Gasteiger charge is 2.06. The number of halogens is 1. The minimum atomic E-state index is -0.431. The van der Waals surface area contributed by atoms with Gasteiger partial charge in [0.15, 0.2) is 0 Å². The average Bonchev–Trinajstić information content (AvgIpc) is 2.34. The summed E-state index contributed by atoms with van der Waals surface area (Å²) in [5, 5.41) is 9.53. The van der Waals surface area contributed by atoms with Gasteiger partial charge >= 0.3 is 0 Å². The first-order chi connectivity index (χ1) is 8.56. The minimum absolute atomic E-state index is 0.431. The standard InChI is InChI=1S/C15H15BrOS/c1-10-3-6-13(7-4-10)18-15-8-5-12(11(2)17)9-14(15)16/h3-9,11,17H,1-2H3. The normalized spacial score (nSPS) is 12.4. The van der Waals surface area contributed by atoms with Crippen LogP contribution in [0.2, 0.25) is 0 Å². The van der Waals surface area contributed by atoms with Gasteiger partial charge in [0.2, 0.25) is 0 Å². The summed E-state index contributed by atoms with van der Waals surface area (Å²) in [7, 11) is 0. The first-order valence-corrected chi connectivity index (χ1v) is 7.39. The van der Waals surface area contributed by atoms with Crippen molar-refractivity contribution in [2.45, 2.75) is 29.7 Å². The summed E-state index contributed by atoms with van der Waals surface area (Å²) in [5.41, 5.74) is 2.19. The second-order valence-electron chi connectivity index (χ2n) is 4.28. The second-order valence-corrected chi connectivity index (χ2v) is 6.25. The lowest BCUT2D eigenvalue weighted by atomic mass is 10.1. The molecule has 1 atom stereocenters. The molecule has 1 unspecified atom stereocenters. The molecule has 0 heterocycles. The Labute approximate surface area is 120 Å². The van der Waals surface area contributed by atoms with E-state index in [1.165, 1.54) is 10.5 Å². The highest BCUT2D eigenvalue weighted by atomic mass is 79.9. The van der Waals surface area contributed by atoms with Gasteiger partial charge in [-0.25, -0.2) is 0 Å². The number of hydrogen-bond donors (Lipinski definition) is 1. The van der Waals surface area contributed by atoms with Crippen LogP contribution in [0, 0.1) is 6.92 Å². The highest BCUT2D eigenvalue weighted by Crippen LogP contribution is 2.35. The fourth-order valence-electron chi connectivity index (χ4n) is 1.59. The van der Waals surface area contributed by atoms with Crippen molar-refractivity contribution in [3.8, 4) is 0 Å². The predicted octanol–water partition coefficient (Wildman–Crippen LogP) is 4.96. The summed E-state index contributed by atoms with van der Waals surface area (Å²) in [5.74, 6) is 0. The summed E-state index contributed by atoms with van der Waals surface area (Å²) >= 11 is 5.27. The Balaban J connectivity index is 2.22. The van der Waals surface area contributed by atoms with E-state index in [-0.39, 0.29) is 0 Å². The fourth-order valence-corrected chi connectivity index (χ4v) is 3.05. The zero-order valence-corrected chi connectivity index (χ0v) is 12.8. The van der Waals surface area contributed by atoms with Gasteiger partial charge in [-0.1, -0.05) is 35.5 Å². The highest BCUT2D eigenvalue weighted by molar-refractivity contribution is 9.10. The molecule has 0 spiro atoms. The molecule has 0 radical (unpaired) electrons. The van der Waals surface area contributed by atoms with Crippen LogP contribution >= 0.6 is 27.7 Å². The van der Waals surface area contributed by atoms with Crippen molar-refractivity contribution in [2.75, 3.05) is 0 Å². The van der Waals surface area contributed by atoms with Crippen molar-refractivity contribution < 1.29 is 5.11 Å². The number of rotatable bonds is 3. The molecule has 2 aromatic rings. The Morgan fingerprint density at radius 1 is 1.11 bits per heavy atom. The van der Waals surface area contributed by atoms with Crippen LogP contribution in [0.5, 0.6) is 0 Å². The van der Waals surface area contributed by atoms with Crippen molar-refractivity contribution >= 4 is 27.7 Å². The number of hydrogen-bond acceptors (Lipinski definition) is 2. The van der Waals surface area contributed by atoms with Gasteiger partial charge < -0.3 is 5.11 Å². The maximum absolute atomic E-state index is 9.53. The SMILES string of the molecule is Cc1ccc(Sc2ccc(C(C)O)cc2Br)cc1. The first-order valence-electron chi connectivity index (χ1n) is 5.78. The van der Waals surface area contributed by atoms with E-state index in [0.29, 0.717) is 0 Å². The predicted molar refractivity (Wildman–Crippen MR) is 80.1 cm³/mol. The lowest BCUT2D eigenvalue weighted by Gasteiger charge is -2.09. The van der Waals surface area contributed by atoms with Gasteiger partial charge in [0.05, 0.1) is 6.10 Å². The third-order valence-corrected chi connectivity index (χ3v) is 4.69. The Morgan fingerprint density at radius 3 is 2.33 bits per heavy atom. The van der Waals surface area contributed by atoms with Crippen LogP contribution in [0.25, 0.3) is 0 Å². The maximum atomic E-state index is 9.53. The van der Waals surface area contributed by atoms with Crippen molar-refractivity contribution in [2.24, 2.45) is 0 Å². The molecule has 0 aliphatic heterocycles. The molecule has 0 fully saturated rings. The van der Waals surface area contributed by atoms with Crippen LogP contribution in [0.3, 0.4) is 0 Å². The van der Waals surface area contributed by atoms with Gasteiger partial charge in [0.1, 0.15) is 0 Å². The topological polar surface area (TPSA) is 20.2 Å². The molecule has 0 aromatic heterocycles. The van der Waals surface area contributed by atoms with Crippen LogP contribution < -0.4 is 0 Å². The fraction of sp³-hybridized carbons (Fsp3) is 0.200. The number of aliphatic hydroxyl groups excluding tert-OH is 1. The van der Waals surface area contributed by atoms with E-state index in [1.807, 2.05) is 18.2 Å². The molecule has 2 aromatic carbocycles. The molecule has 18 heavy (non-hydrogen) atoms. The summed E-state index contributed by atoms with van der Waals surface area (Å²) in [6.45, 7) is 3.86. The second kappa shape index (κ2) is 5.91. The smallest absolute Gasteiger partial charge is 0.0762 e. The number of benzene rings is 2. The Bertz CT molecular complexity index is 535. The molecule has 0 aliphatic carbocycles. The van der Waals surface area contributed by atoms with Crippen molar-refractivity contribution in [3.05, 3.63) is 58.1 Å². The van der Waals surface area contributed by atoms with Crippen molar-refractivity contribution in [1.29, 1.82) is 0 Å². The Kier molecular flexibility index (Phi) is 4.49. The quantitative estimate of drug-likeness (QED) is 0.861. The Hall–Kier alpha value is -0.770. The Morgan fingerprint density at radius 2 is 1.78 bits per heavy atom. The summed E-state index contributed by atoms with van der Waals surface area (Å²) in [6.07, 6.45) is -0.431. The summed E-state index contributed by atoms with van der Waals surface area (Å²) in [6, 6.07) is 14.4. The number of aliphatic hydroxyl groups is 1. The number of aryl methyl sites for hydroxylation is 1. The molecule has 0 aliphatic rings. The lowest BCUT2D eigenvalue weighted by Crippen LogP contribution is -1.90. The van der Waals surface area contributed by atoms with E-state index >= 15 is 0 Å². The van der Waals surface area contributed by atoms with Gasteiger partial charge in [0.25, 0.3) is 0 Å². The third kappa shape index (κ3) is 3.37. The molecule has 94 valence electrons. The minimum Gasteiger partial charge on any atom is -0.389 e. The van der Waals surface area contributed by atoms with Crippen molar-refractivity contribution in [3.63, 3.8) is 0 Å². The molecule has 0 saturated heterocycles. The van der Waals surface area contributed by atoms with E-state index in [2.05, 4.69) is 47.1 Å².